The maximum absolute atomic E-state index is 12.8. The lowest BCUT2D eigenvalue weighted by atomic mass is 10.0. The van der Waals surface area contributed by atoms with Crippen LogP contribution in [0.2, 0.25) is 0 Å². The Balaban J connectivity index is 1.77. The Labute approximate surface area is 172 Å². The van der Waals surface area contributed by atoms with Crippen LogP contribution in [0.5, 0.6) is 0 Å². The average Bonchev–Trinajstić information content (AvgIpc) is 3.46. The smallest absolute Gasteiger partial charge is 0.225 e. The van der Waals surface area contributed by atoms with Crippen molar-refractivity contribution >= 4 is 11.8 Å². The number of aromatic nitrogens is 3. The molecule has 9 nitrogen and oxygen atoms in total. The number of aliphatic hydroxyl groups excluding tert-OH is 1. The van der Waals surface area contributed by atoms with Crippen LogP contribution >= 0.6 is 0 Å². The first-order chi connectivity index (χ1) is 13.9. The second-order valence-electron chi connectivity index (χ2n) is 8.47. The van der Waals surface area contributed by atoms with Gasteiger partial charge in [-0.3, -0.25) is 14.3 Å². The molecule has 0 aromatic carbocycles. The summed E-state index contributed by atoms with van der Waals surface area (Å²) in [5.74, 6) is 0.307. The Morgan fingerprint density at radius 1 is 1.45 bits per heavy atom. The van der Waals surface area contributed by atoms with Gasteiger partial charge in [-0.25, -0.2) is 0 Å². The fourth-order valence-corrected chi connectivity index (χ4v) is 3.69. The van der Waals surface area contributed by atoms with E-state index in [1.165, 1.54) is 0 Å². The van der Waals surface area contributed by atoms with Crippen LogP contribution in [0, 0.1) is 11.8 Å². The van der Waals surface area contributed by atoms with E-state index in [-0.39, 0.29) is 42.4 Å². The maximum atomic E-state index is 12.8. The minimum Gasteiger partial charge on any atom is -0.394 e. The number of carbonyl (C=O) groups is 2. The number of aryl methyl sites for hydroxylation is 1. The summed E-state index contributed by atoms with van der Waals surface area (Å²) >= 11 is 0. The quantitative estimate of drug-likeness (QED) is 0.770. The predicted molar refractivity (Wildman–Crippen MR) is 106 cm³/mol. The molecule has 2 bridgehead atoms. The lowest BCUT2D eigenvalue weighted by Gasteiger charge is -2.35. The molecule has 3 atom stereocenters. The van der Waals surface area contributed by atoms with E-state index in [0.717, 1.165) is 18.5 Å². The first-order valence-electron chi connectivity index (χ1n) is 10.5. The second-order valence-corrected chi connectivity index (χ2v) is 8.47. The Kier molecular flexibility index (Phi) is 7.23. The minimum absolute atomic E-state index is 0.0131. The first-order valence-corrected chi connectivity index (χ1v) is 10.5. The van der Waals surface area contributed by atoms with Gasteiger partial charge in [-0.15, -0.1) is 5.10 Å². The molecule has 0 spiro atoms. The van der Waals surface area contributed by atoms with E-state index in [1.807, 2.05) is 27.1 Å². The van der Waals surface area contributed by atoms with Gasteiger partial charge in [0.1, 0.15) is 5.69 Å². The molecule has 3 rings (SSSR count). The van der Waals surface area contributed by atoms with Crippen LogP contribution in [0.25, 0.3) is 0 Å². The van der Waals surface area contributed by atoms with Gasteiger partial charge in [0.25, 0.3) is 0 Å². The van der Waals surface area contributed by atoms with Crippen molar-refractivity contribution in [2.45, 2.75) is 64.8 Å². The van der Waals surface area contributed by atoms with Gasteiger partial charge < -0.3 is 19.6 Å². The van der Waals surface area contributed by atoms with Crippen molar-refractivity contribution in [3.05, 3.63) is 11.9 Å². The number of likely N-dealkylation sites (N-methyl/N-ethyl adjacent to an activating group) is 1. The average molecular weight is 408 g/mol. The zero-order valence-corrected chi connectivity index (χ0v) is 17.7. The van der Waals surface area contributed by atoms with Crippen molar-refractivity contribution in [2.75, 3.05) is 26.7 Å². The molecule has 1 aliphatic heterocycles. The van der Waals surface area contributed by atoms with Gasteiger partial charge in [0.2, 0.25) is 11.8 Å². The van der Waals surface area contributed by atoms with Crippen molar-refractivity contribution in [1.29, 1.82) is 0 Å². The summed E-state index contributed by atoms with van der Waals surface area (Å²) in [7, 11) is 1.81. The monoisotopic (exact) mass is 407 g/mol. The number of amides is 2. The Morgan fingerprint density at radius 2 is 2.21 bits per heavy atom. The van der Waals surface area contributed by atoms with Crippen LogP contribution in [0.15, 0.2) is 6.20 Å². The molecule has 1 fully saturated rings. The van der Waals surface area contributed by atoms with E-state index in [4.69, 9.17) is 4.74 Å². The van der Waals surface area contributed by atoms with Crippen LogP contribution in [-0.2, 0) is 27.5 Å². The van der Waals surface area contributed by atoms with Gasteiger partial charge >= 0.3 is 0 Å². The standard InChI is InChI=1S/C20H33N5O4/c1-14-9-25(15(2)12-26)19(27)5-4-8-24-10-17(21-22-24)13-29-18(14)11-23(3)20(28)16-6-7-16/h10,14-16,18,26H,4-9,11-13H2,1-3H3/t14-,15-,18+/m0/s1. The van der Waals surface area contributed by atoms with Crippen molar-refractivity contribution in [1.82, 2.24) is 24.8 Å². The molecular weight excluding hydrogens is 374 g/mol. The highest BCUT2D eigenvalue weighted by Gasteiger charge is 2.34. The van der Waals surface area contributed by atoms with Gasteiger partial charge in [0.05, 0.1) is 31.6 Å². The molecular formula is C20H33N5O4. The molecule has 162 valence electrons. The van der Waals surface area contributed by atoms with Crippen molar-refractivity contribution in [3.63, 3.8) is 0 Å². The predicted octanol–water partition coefficient (Wildman–Crippen LogP) is 0.671. The van der Waals surface area contributed by atoms with E-state index in [0.29, 0.717) is 39.1 Å². The van der Waals surface area contributed by atoms with E-state index in [1.54, 1.807) is 14.5 Å². The van der Waals surface area contributed by atoms with Crippen molar-refractivity contribution in [2.24, 2.45) is 11.8 Å². The summed E-state index contributed by atoms with van der Waals surface area (Å²) in [5, 5.41) is 17.9. The summed E-state index contributed by atoms with van der Waals surface area (Å²) in [5.41, 5.74) is 0.740. The van der Waals surface area contributed by atoms with Gasteiger partial charge in [-0.05, 0) is 26.2 Å². The zero-order chi connectivity index (χ0) is 21.0. The number of rotatable bonds is 5. The van der Waals surface area contributed by atoms with Gasteiger partial charge in [0, 0.05) is 44.9 Å². The molecule has 0 saturated heterocycles. The molecule has 0 unspecified atom stereocenters. The summed E-state index contributed by atoms with van der Waals surface area (Å²) in [4.78, 5) is 28.7. The number of hydrogen-bond donors (Lipinski definition) is 1. The van der Waals surface area contributed by atoms with Crippen LogP contribution < -0.4 is 0 Å². The molecule has 1 aliphatic carbocycles. The molecule has 2 amide bonds. The van der Waals surface area contributed by atoms with Crippen LogP contribution in [0.3, 0.4) is 0 Å². The van der Waals surface area contributed by atoms with Gasteiger partial charge in [0.15, 0.2) is 0 Å². The number of nitrogens with zero attached hydrogens (tertiary/aromatic N) is 5. The Bertz CT molecular complexity index is 705. The molecule has 0 radical (unpaired) electrons. The van der Waals surface area contributed by atoms with Crippen molar-refractivity contribution in [3.8, 4) is 0 Å². The largest absolute Gasteiger partial charge is 0.394 e. The second kappa shape index (κ2) is 9.67. The minimum atomic E-state index is -0.265. The Morgan fingerprint density at radius 3 is 2.90 bits per heavy atom. The van der Waals surface area contributed by atoms with Crippen LogP contribution in [0.1, 0.15) is 45.2 Å². The Hall–Kier alpha value is -2.00. The third-order valence-electron chi connectivity index (χ3n) is 5.80. The molecule has 2 aliphatic rings. The fraction of sp³-hybridized carbons (Fsp3) is 0.800. The summed E-state index contributed by atoms with van der Waals surface area (Å²) in [6, 6.07) is -0.265. The topological polar surface area (TPSA) is 101 Å². The molecule has 1 N–H and O–H groups in total. The first kappa shape index (κ1) is 21.7. The highest BCUT2D eigenvalue weighted by molar-refractivity contribution is 5.80. The molecule has 1 aromatic rings. The summed E-state index contributed by atoms with van der Waals surface area (Å²) in [6.45, 7) is 5.64. The lowest BCUT2D eigenvalue weighted by molar-refractivity contribution is -0.138. The molecule has 9 heteroatoms. The fourth-order valence-electron chi connectivity index (χ4n) is 3.69. The van der Waals surface area contributed by atoms with Gasteiger partial charge in [-0.2, -0.15) is 0 Å². The third-order valence-corrected chi connectivity index (χ3v) is 5.80. The van der Waals surface area contributed by atoms with Crippen LogP contribution in [0.4, 0.5) is 0 Å². The maximum Gasteiger partial charge on any atom is 0.225 e. The SMILES string of the molecule is C[C@H]1CN([C@@H](C)CO)C(=O)CCCn2cc(nn2)CO[C@@H]1CN(C)C(=O)C1CC1. The number of carbonyl (C=O) groups excluding carboxylic acids is 2. The molecule has 1 saturated carbocycles. The van der Waals surface area contributed by atoms with Crippen molar-refractivity contribution < 1.29 is 19.4 Å². The molecule has 2 heterocycles. The third kappa shape index (κ3) is 5.76. The van der Waals surface area contributed by atoms with Gasteiger partial charge in [-0.1, -0.05) is 12.1 Å². The highest BCUT2D eigenvalue weighted by Crippen LogP contribution is 2.31. The normalized spacial score (nSPS) is 25.0. The number of fused-ring (bicyclic) bond motifs is 2. The van der Waals surface area contributed by atoms with E-state index in [9.17, 15) is 14.7 Å². The highest BCUT2D eigenvalue weighted by atomic mass is 16.5. The van der Waals surface area contributed by atoms with E-state index in [2.05, 4.69) is 10.3 Å². The summed E-state index contributed by atoms with van der Waals surface area (Å²) in [6.07, 6.45) is 4.56. The molecule has 29 heavy (non-hydrogen) atoms. The lowest BCUT2D eigenvalue weighted by Crippen LogP contribution is -2.47. The zero-order valence-electron chi connectivity index (χ0n) is 17.7. The van der Waals surface area contributed by atoms with Crippen LogP contribution in [-0.4, -0.2) is 80.6 Å². The summed E-state index contributed by atoms with van der Waals surface area (Å²) < 4.78 is 7.90. The van der Waals surface area contributed by atoms with E-state index >= 15 is 0 Å². The van der Waals surface area contributed by atoms with E-state index < -0.39 is 0 Å². The number of ether oxygens (including phenoxy) is 1. The molecule has 1 aromatic heterocycles. The number of aliphatic hydroxyl groups is 1. The number of hydrogen-bond acceptors (Lipinski definition) is 6.